The van der Waals surface area contributed by atoms with Gasteiger partial charge in [0.05, 0.1) is 5.56 Å². The first-order valence-corrected chi connectivity index (χ1v) is 5.25. The van der Waals surface area contributed by atoms with Crippen molar-refractivity contribution < 1.29 is 14.7 Å². The molecule has 0 aliphatic carbocycles. The molecule has 1 aromatic rings. The molecule has 0 fully saturated rings. The van der Waals surface area contributed by atoms with Crippen molar-refractivity contribution in [1.82, 2.24) is 9.88 Å². The third kappa shape index (κ3) is 3.75. The lowest BCUT2D eigenvalue weighted by Crippen LogP contribution is -2.27. The van der Waals surface area contributed by atoms with Gasteiger partial charge in [0, 0.05) is 31.8 Å². The molecular formula is C11H14N2O4. The minimum Gasteiger partial charge on any atom is -0.478 e. The summed E-state index contributed by atoms with van der Waals surface area (Å²) in [6.45, 7) is 2.50. The van der Waals surface area contributed by atoms with Crippen LogP contribution in [0.4, 0.5) is 0 Å². The molecule has 0 aromatic carbocycles. The molecule has 0 saturated heterocycles. The van der Waals surface area contributed by atoms with E-state index < -0.39 is 5.97 Å². The SMILES string of the molecule is CCNC(=O)CCn1cc(C(=O)O)ccc1=O. The summed E-state index contributed by atoms with van der Waals surface area (Å²) in [6.07, 6.45) is 1.39. The molecule has 1 rings (SSSR count). The predicted molar refractivity (Wildman–Crippen MR) is 61.0 cm³/mol. The molecule has 0 atom stereocenters. The second kappa shape index (κ2) is 5.83. The number of carboxylic acids is 1. The maximum atomic E-state index is 11.4. The number of amides is 1. The van der Waals surface area contributed by atoms with Crippen LogP contribution in [0.15, 0.2) is 23.1 Å². The van der Waals surface area contributed by atoms with Crippen LogP contribution in [0.25, 0.3) is 0 Å². The number of nitrogens with zero attached hydrogens (tertiary/aromatic N) is 1. The van der Waals surface area contributed by atoms with Gasteiger partial charge in [-0.25, -0.2) is 4.79 Å². The van der Waals surface area contributed by atoms with Crippen LogP contribution in [0.1, 0.15) is 23.7 Å². The smallest absolute Gasteiger partial charge is 0.337 e. The number of aromatic nitrogens is 1. The highest BCUT2D eigenvalue weighted by Gasteiger charge is 2.06. The Hall–Kier alpha value is -2.11. The molecule has 6 heteroatoms. The molecule has 0 aliphatic heterocycles. The van der Waals surface area contributed by atoms with Crippen molar-refractivity contribution in [3.63, 3.8) is 0 Å². The lowest BCUT2D eigenvalue weighted by molar-refractivity contribution is -0.121. The van der Waals surface area contributed by atoms with Gasteiger partial charge in [0.15, 0.2) is 0 Å². The Morgan fingerprint density at radius 2 is 2.12 bits per heavy atom. The molecule has 0 unspecified atom stereocenters. The lowest BCUT2D eigenvalue weighted by atomic mass is 10.3. The number of hydrogen-bond donors (Lipinski definition) is 2. The van der Waals surface area contributed by atoms with Crippen molar-refractivity contribution in [2.24, 2.45) is 0 Å². The zero-order valence-corrected chi connectivity index (χ0v) is 9.47. The number of pyridine rings is 1. The molecule has 92 valence electrons. The van der Waals surface area contributed by atoms with Gasteiger partial charge in [-0.1, -0.05) is 0 Å². The van der Waals surface area contributed by atoms with E-state index in [1.807, 2.05) is 0 Å². The van der Waals surface area contributed by atoms with Gasteiger partial charge in [0.25, 0.3) is 5.56 Å². The fourth-order valence-corrected chi connectivity index (χ4v) is 1.34. The van der Waals surface area contributed by atoms with Crippen molar-refractivity contribution in [3.05, 3.63) is 34.2 Å². The number of nitrogens with one attached hydrogen (secondary N) is 1. The van der Waals surface area contributed by atoms with Gasteiger partial charge < -0.3 is 15.0 Å². The van der Waals surface area contributed by atoms with Crippen molar-refractivity contribution in [3.8, 4) is 0 Å². The van der Waals surface area contributed by atoms with Crippen LogP contribution in [0.5, 0.6) is 0 Å². The molecule has 1 heterocycles. The molecule has 0 aliphatic rings. The number of aryl methyl sites for hydroxylation is 1. The van der Waals surface area contributed by atoms with Crippen LogP contribution in [-0.4, -0.2) is 28.1 Å². The van der Waals surface area contributed by atoms with Crippen LogP contribution >= 0.6 is 0 Å². The number of carboxylic acid groups (broad SMARTS) is 1. The van der Waals surface area contributed by atoms with Crippen LogP contribution in [0.3, 0.4) is 0 Å². The standard InChI is InChI=1S/C11H14N2O4/c1-2-12-9(14)5-6-13-7-8(11(16)17)3-4-10(13)15/h3-4,7H,2,5-6H2,1H3,(H,12,14)(H,16,17). The predicted octanol–water partition coefficient (Wildman–Crippen LogP) is 0.0727. The van der Waals surface area contributed by atoms with Gasteiger partial charge in [-0.2, -0.15) is 0 Å². The fraction of sp³-hybridized carbons (Fsp3) is 0.364. The molecular weight excluding hydrogens is 224 g/mol. The van der Waals surface area contributed by atoms with Crippen LogP contribution < -0.4 is 10.9 Å². The molecule has 0 bridgehead atoms. The van der Waals surface area contributed by atoms with E-state index >= 15 is 0 Å². The van der Waals surface area contributed by atoms with E-state index in [9.17, 15) is 14.4 Å². The van der Waals surface area contributed by atoms with Crippen LogP contribution in [-0.2, 0) is 11.3 Å². The Bertz CT molecular complexity index is 479. The highest BCUT2D eigenvalue weighted by molar-refractivity contribution is 5.87. The van der Waals surface area contributed by atoms with Gasteiger partial charge in [0.1, 0.15) is 0 Å². The highest BCUT2D eigenvalue weighted by atomic mass is 16.4. The average Bonchev–Trinajstić information content (AvgIpc) is 2.28. The summed E-state index contributed by atoms with van der Waals surface area (Å²) in [7, 11) is 0. The van der Waals surface area contributed by atoms with E-state index in [1.54, 1.807) is 6.92 Å². The maximum Gasteiger partial charge on any atom is 0.337 e. The zero-order chi connectivity index (χ0) is 12.8. The van der Waals surface area contributed by atoms with E-state index in [-0.39, 0.29) is 30.0 Å². The first-order valence-electron chi connectivity index (χ1n) is 5.25. The molecule has 6 nitrogen and oxygen atoms in total. The van der Waals surface area contributed by atoms with E-state index in [1.165, 1.54) is 22.9 Å². The Morgan fingerprint density at radius 3 is 2.71 bits per heavy atom. The Balaban J connectivity index is 2.76. The third-order valence-corrected chi connectivity index (χ3v) is 2.18. The maximum absolute atomic E-state index is 11.4. The normalized spacial score (nSPS) is 9.94. The molecule has 17 heavy (non-hydrogen) atoms. The van der Waals surface area contributed by atoms with Crippen LogP contribution in [0.2, 0.25) is 0 Å². The van der Waals surface area contributed by atoms with E-state index in [2.05, 4.69) is 5.32 Å². The third-order valence-electron chi connectivity index (χ3n) is 2.18. The van der Waals surface area contributed by atoms with E-state index in [4.69, 9.17) is 5.11 Å². The molecule has 0 saturated carbocycles. The summed E-state index contributed by atoms with van der Waals surface area (Å²) < 4.78 is 1.22. The van der Waals surface area contributed by atoms with Gasteiger partial charge in [-0.15, -0.1) is 0 Å². The number of carbonyl (C=O) groups excluding carboxylic acids is 1. The summed E-state index contributed by atoms with van der Waals surface area (Å²) in [5.41, 5.74) is -0.292. The van der Waals surface area contributed by atoms with Crippen LogP contribution in [0, 0.1) is 0 Å². The number of hydrogen-bond acceptors (Lipinski definition) is 3. The number of rotatable bonds is 5. The lowest BCUT2D eigenvalue weighted by Gasteiger charge is -2.06. The molecule has 2 N–H and O–H groups in total. The number of carbonyl (C=O) groups is 2. The van der Waals surface area contributed by atoms with Gasteiger partial charge >= 0.3 is 5.97 Å². The van der Waals surface area contributed by atoms with Gasteiger partial charge in [-0.05, 0) is 13.0 Å². The summed E-state index contributed by atoms with van der Waals surface area (Å²) in [4.78, 5) is 33.3. The van der Waals surface area contributed by atoms with Crippen molar-refractivity contribution >= 4 is 11.9 Å². The van der Waals surface area contributed by atoms with E-state index in [0.29, 0.717) is 6.54 Å². The zero-order valence-electron chi connectivity index (χ0n) is 9.47. The average molecular weight is 238 g/mol. The summed E-state index contributed by atoms with van der Waals surface area (Å²) in [5, 5.41) is 11.4. The largest absolute Gasteiger partial charge is 0.478 e. The molecule has 0 spiro atoms. The Morgan fingerprint density at radius 1 is 1.41 bits per heavy atom. The first-order chi connectivity index (χ1) is 8.04. The minimum atomic E-state index is -1.10. The molecule has 0 radical (unpaired) electrons. The minimum absolute atomic E-state index is 0.0282. The van der Waals surface area contributed by atoms with E-state index in [0.717, 1.165) is 0 Å². The fourth-order valence-electron chi connectivity index (χ4n) is 1.34. The first kappa shape index (κ1) is 13.0. The number of aromatic carboxylic acids is 1. The second-order valence-corrected chi connectivity index (χ2v) is 3.46. The van der Waals surface area contributed by atoms with Crippen molar-refractivity contribution in [1.29, 1.82) is 0 Å². The Kier molecular flexibility index (Phi) is 4.45. The second-order valence-electron chi connectivity index (χ2n) is 3.46. The summed E-state index contributed by atoms with van der Waals surface area (Å²) in [6, 6.07) is 2.43. The van der Waals surface area contributed by atoms with Crippen molar-refractivity contribution in [2.45, 2.75) is 19.9 Å². The van der Waals surface area contributed by atoms with Crippen molar-refractivity contribution in [2.75, 3.05) is 6.54 Å². The molecule has 1 aromatic heterocycles. The summed E-state index contributed by atoms with van der Waals surface area (Å²) >= 11 is 0. The highest BCUT2D eigenvalue weighted by Crippen LogP contribution is 1.96. The topological polar surface area (TPSA) is 88.4 Å². The van der Waals surface area contributed by atoms with Gasteiger partial charge in [0.2, 0.25) is 5.91 Å². The molecule has 1 amide bonds. The monoisotopic (exact) mass is 238 g/mol. The summed E-state index contributed by atoms with van der Waals surface area (Å²) in [5.74, 6) is -1.27. The van der Waals surface area contributed by atoms with Gasteiger partial charge in [-0.3, -0.25) is 9.59 Å². The Labute approximate surface area is 97.9 Å². The quantitative estimate of drug-likeness (QED) is 0.760.